The first-order valence-corrected chi connectivity index (χ1v) is 8.29. The number of nitrogens with one attached hydrogen (secondary N) is 1. The summed E-state index contributed by atoms with van der Waals surface area (Å²) in [4.78, 5) is 0. The lowest BCUT2D eigenvalue weighted by Crippen LogP contribution is -2.25. The first kappa shape index (κ1) is 16.5. The molecule has 1 atom stereocenters. The van der Waals surface area contributed by atoms with Crippen LogP contribution >= 0.6 is 31.9 Å². The molecule has 1 aromatic carbocycles. The monoisotopic (exact) mass is 416 g/mol. The zero-order valence-corrected chi connectivity index (χ0v) is 15.4. The molecule has 0 aliphatic carbocycles. The molecule has 5 nitrogen and oxygen atoms in total. The van der Waals surface area contributed by atoms with Crippen molar-refractivity contribution in [2.45, 2.75) is 19.4 Å². The van der Waals surface area contributed by atoms with Gasteiger partial charge in [0.1, 0.15) is 5.75 Å². The van der Waals surface area contributed by atoms with Crippen LogP contribution in [0, 0.1) is 0 Å². The summed E-state index contributed by atoms with van der Waals surface area (Å²) in [6.45, 7) is 3.05. The van der Waals surface area contributed by atoms with Gasteiger partial charge in [0.2, 0.25) is 0 Å². The molecular formula is C14H18Br2N4O. The Bertz CT molecular complexity index is 596. The quantitative estimate of drug-likeness (QED) is 0.782. The maximum atomic E-state index is 5.29. The Morgan fingerprint density at radius 3 is 2.67 bits per heavy atom. The Morgan fingerprint density at radius 2 is 2.14 bits per heavy atom. The SMILES string of the molecule is CCCNC(c1ccc(OC)c(Br)c1)c1c(Br)nnn1C. The molecule has 1 unspecified atom stereocenters. The number of hydrogen-bond acceptors (Lipinski definition) is 4. The van der Waals surface area contributed by atoms with E-state index in [9.17, 15) is 0 Å². The first-order valence-electron chi connectivity index (χ1n) is 6.70. The van der Waals surface area contributed by atoms with Crippen LogP contribution in [-0.2, 0) is 7.05 Å². The van der Waals surface area contributed by atoms with Gasteiger partial charge in [-0.25, -0.2) is 4.68 Å². The fourth-order valence-corrected chi connectivity index (χ4v) is 3.28. The van der Waals surface area contributed by atoms with Gasteiger partial charge < -0.3 is 10.1 Å². The fraction of sp³-hybridized carbons (Fsp3) is 0.429. The summed E-state index contributed by atoms with van der Waals surface area (Å²) in [6.07, 6.45) is 1.05. The lowest BCUT2D eigenvalue weighted by atomic mass is 10.0. The number of nitrogens with zero attached hydrogens (tertiary/aromatic N) is 3. The highest BCUT2D eigenvalue weighted by Gasteiger charge is 2.22. The van der Waals surface area contributed by atoms with Crippen LogP contribution in [0.1, 0.15) is 30.6 Å². The van der Waals surface area contributed by atoms with E-state index in [0.717, 1.165) is 39.0 Å². The van der Waals surface area contributed by atoms with Crippen molar-refractivity contribution in [1.29, 1.82) is 0 Å². The molecule has 0 saturated heterocycles. The van der Waals surface area contributed by atoms with Crippen LogP contribution in [0.15, 0.2) is 27.3 Å². The predicted molar refractivity (Wildman–Crippen MR) is 89.5 cm³/mol. The Morgan fingerprint density at radius 1 is 1.38 bits per heavy atom. The predicted octanol–water partition coefficient (Wildman–Crippen LogP) is 3.44. The molecule has 7 heteroatoms. The van der Waals surface area contributed by atoms with Crippen molar-refractivity contribution in [3.8, 4) is 5.75 Å². The lowest BCUT2D eigenvalue weighted by Gasteiger charge is -2.20. The third-order valence-corrected chi connectivity index (χ3v) is 4.39. The lowest BCUT2D eigenvalue weighted by molar-refractivity contribution is 0.411. The highest BCUT2D eigenvalue weighted by Crippen LogP contribution is 2.32. The molecule has 114 valence electrons. The standard InChI is InChI=1S/C14H18Br2N4O/c1-4-7-17-12(13-14(16)18-19-20(13)2)9-5-6-11(21-3)10(15)8-9/h5-6,8,12,17H,4,7H2,1-3H3. The summed E-state index contributed by atoms with van der Waals surface area (Å²) in [5, 5.41) is 11.7. The Kier molecular flexibility index (Phi) is 5.78. The van der Waals surface area contributed by atoms with Crippen molar-refractivity contribution in [1.82, 2.24) is 20.3 Å². The van der Waals surface area contributed by atoms with Gasteiger partial charge in [-0.2, -0.15) is 0 Å². The van der Waals surface area contributed by atoms with Gasteiger partial charge in [-0.15, -0.1) is 5.10 Å². The smallest absolute Gasteiger partial charge is 0.153 e. The van der Waals surface area contributed by atoms with E-state index in [4.69, 9.17) is 4.74 Å². The van der Waals surface area contributed by atoms with Gasteiger partial charge in [-0.05, 0) is 62.5 Å². The zero-order chi connectivity index (χ0) is 15.4. The summed E-state index contributed by atoms with van der Waals surface area (Å²) in [5.41, 5.74) is 2.13. The van der Waals surface area contributed by atoms with E-state index in [2.05, 4.69) is 66.5 Å². The number of aryl methyl sites for hydroxylation is 1. The average molecular weight is 418 g/mol. The Hall–Kier alpha value is -0.920. The van der Waals surface area contributed by atoms with Crippen LogP contribution in [0.5, 0.6) is 5.75 Å². The molecule has 0 bridgehead atoms. The topological polar surface area (TPSA) is 52.0 Å². The maximum Gasteiger partial charge on any atom is 0.153 e. The molecule has 21 heavy (non-hydrogen) atoms. The van der Waals surface area contributed by atoms with E-state index in [-0.39, 0.29) is 6.04 Å². The van der Waals surface area contributed by atoms with Gasteiger partial charge in [0.05, 0.1) is 23.3 Å². The van der Waals surface area contributed by atoms with Gasteiger partial charge >= 0.3 is 0 Å². The van der Waals surface area contributed by atoms with E-state index in [1.165, 1.54) is 0 Å². The fourth-order valence-electron chi connectivity index (χ4n) is 2.17. The second kappa shape index (κ2) is 7.38. The zero-order valence-electron chi connectivity index (χ0n) is 12.2. The molecule has 0 fully saturated rings. The average Bonchev–Trinajstić information content (AvgIpc) is 2.80. The minimum Gasteiger partial charge on any atom is -0.496 e. The normalized spacial score (nSPS) is 12.4. The molecule has 2 rings (SSSR count). The second-order valence-corrected chi connectivity index (χ2v) is 6.28. The molecular weight excluding hydrogens is 400 g/mol. The van der Waals surface area contributed by atoms with E-state index < -0.39 is 0 Å². The largest absolute Gasteiger partial charge is 0.496 e. The molecule has 1 N–H and O–H groups in total. The van der Waals surface area contributed by atoms with Crippen molar-refractivity contribution >= 4 is 31.9 Å². The second-order valence-electron chi connectivity index (χ2n) is 4.67. The van der Waals surface area contributed by atoms with Crippen LogP contribution < -0.4 is 10.1 Å². The molecule has 2 aromatic rings. The number of benzene rings is 1. The highest BCUT2D eigenvalue weighted by atomic mass is 79.9. The number of rotatable bonds is 6. The summed E-state index contributed by atoms with van der Waals surface area (Å²) in [6, 6.07) is 6.08. The molecule has 0 amide bonds. The minimum absolute atomic E-state index is 0.0153. The van der Waals surface area contributed by atoms with E-state index >= 15 is 0 Å². The maximum absolute atomic E-state index is 5.29. The minimum atomic E-state index is 0.0153. The van der Waals surface area contributed by atoms with Crippen molar-refractivity contribution in [3.63, 3.8) is 0 Å². The van der Waals surface area contributed by atoms with E-state index in [1.807, 2.05) is 13.1 Å². The Balaban J connectivity index is 2.43. The number of aromatic nitrogens is 3. The summed E-state index contributed by atoms with van der Waals surface area (Å²) in [7, 11) is 3.56. The van der Waals surface area contributed by atoms with Crippen LogP contribution in [0.4, 0.5) is 0 Å². The number of ether oxygens (including phenoxy) is 1. The van der Waals surface area contributed by atoms with Crippen molar-refractivity contribution in [2.75, 3.05) is 13.7 Å². The third-order valence-electron chi connectivity index (χ3n) is 3.21. The van der Waals surface area contributed by atoms with Crippen LogP contribution in [0.25, 0.3) is 0 Å². The number of hydrogen-bond donors (Lipinski definition) is 1. The van der Waals surface area contributed by atoms with Crippen molar-refractivity contribution in [3.05, 3.63) is 38.5 Å². The van der Waals surface area contributed by atoms with Gasteiger partial charge in [0.25, 0.3) is 0 Å². The summed E-state index contributed by atoms with van der Waals surface area (Å²) >= 11 is 7.02. The van der Waals surface area contributed by atoms with E-state index in [0.29, 0.717) is 0 Å². The number of methoxy groups -OCH3 is 1. The molecule has 1 heterocycles. The highest BCUT2D eigenvalue weighted by molar-refractivity contribution is 9.10. The van der Waals surface area contributed by atoms with Crippen molar-refractivity contribution < 1.29 is 4.74 Å². The molecule has 0 saturated carbocycles. The first-order chi connectivity index (χ1) is 10.1. The molecule has 0 aliphatic rings. The van der Waals surface area contributed by atoms with Crippen LogP contribution in [0.3, 0.4) is 0 Å². The van der Waals surface area contributed by atoms with Crippen LogP contribution in [0.2, 0.25) is 0 Å². The Labute approximate surface area is 141 Å². The summed E-state index contributed by atoms with van der Waals surface area (Å²) < 4.78 is 8.76. The van der Waals surface area contributed by atoms with Crippen molar-refractivity contribution in [2.24, 2.45) is 7.05 Å². The molecule has 1 aromatic heterocycles. The molecule has 0 aliphatic heterocycles. The van der Waals surface area contributed by atoms with Gasteiger partial charge in [-0.1, -0.05) is 18.2 Å². The number of halogens is 2. The summed E-state index contributed by atoms with van der Waals surface area (Å²) in [5.74, 6) is 0.815. The third kappa shape index (κ3) is 3.64. The van der Waals surface area contributed by atoms with Gasteiger partial charge in [-0.3, -0.25) is 0 Å². The molecule has 0 spiro atoms. The van der Waals surface area contributed by atoms with Gasteiger partial charge in [0.15, 0.2) is 4.60 Å². The molecule has 0 radical (unpaired) electrons. The van der Waals surface area contributed by atoms with Crippen LogP contribution in [-0.4, -0.2) is 28.6 Å². The van der Waals surface area contributed by atoms with Gasteiger partial charge in [0, 0.05) is 7.05 Å². The van der Waals surface area contributed by atoms with E-state index in [1.54, 1.807) is 11.8 Å².